The largest absolute Gasteiger partial charge is 0.346 e. The first-order chi connectivity index (χ1) is 9.07. The highest BCUT2D eigenvalue weighted by Gasteiger charge is 2.32. The second-order valence-electron chi connectivity index (χ2n) is 5.95. The van der Waals surface area contributed by atoms with Crippen LogP contribution in [0.4, 0.5) is 0 Å². The number of amides is 1. The van der Waals surface area contributed by atoms with Gasteiger partial charge >= 0.3 is 0 Å². The van der Waals surface area contributed by atoms with Crippen LogP contribution in [0.2, 0.25) is 0 Å². The number of hydrogen-bond acceptors (Lipinski definition) is 2. The van der Waals surface area contributed by atoms with Crippen molar-refractivity contribution in [3.8, 4) is 0 Å². The molecule has 1 aliphatic heterocycles. The van der Waals surface area contributed by atoms with Crippen LogP contribution in [0.25, 0.3) is 0 Å². The number of carbonyl (C=O) groups excluding carboxylic acids is 1. The van der Waals surface area contributed by atoms with Gasteiger partial charge in [-0.3, -0.25) is 4.79 Å². The summed E-state index contributed by atoms with van der Waals surface area (Å²) in [4.78, 5) is 12.5. The Hall–Kier alpha value is -0.810. The molecular formula is C14H20BrN3O. The van der Waals surface area contributed by atoms with E-state index >= 15 is 0 Å². The Morgan fingerprint density at radius 2 is 2.16 bits per heavy atom. The van der Waals surface area contributed by atoms with E-state index in [1.807, 2.05) is 12.3 Å². The minimum Gasteiger partial charge on any atom is -0.346 e. The lowest BCUT2D eigenvalue weighted by atomic mass is 9.90. The maximum Gasteiger partial charge on any atom is 0.268 e. The highest BCUT2D eigenvalue weighted by atomic mass is 79.9. The predicted octanol–water partition coefficient (Wildman–Crippen LogP) is 2.46. The molecule has 1 saturated carbocycles. The zero-order chi connectivity index (χ0) is 13.5. The fourth-order valence-corrected chi connectivity index (χ4v) is 3.16. The molecule has 5 heteroatoms. The molecular weight excluding hydrogens is 306 g/mol. The molecule has 0 atom stereocenters. The zero-order valence-electron chi connectivity index (χ0n) is 11.2. The van der Waals surface area contributed by atoms with Crippen molar-refractivity contribution >= 4 is 21.8 Å². The molecule has 1 amide bonds. The Morgan fingerprint density at radius 3 is 2.79 bits per heavy atom. The van der Waals surface area contributed by atoms with Crippen LogP contribution in [0.3, 0.4) is 0 Å². The summed E-state index contributed by atoms with van der Waals surface area (Å²) in [5, 5.41) is 6.56. The molecule has 0 bridgehead atoms. The zero-order valence-corrected chi connectivity index (χ0v) is 12.8. The van der Waals surface area contributed by atoms with Gasteiger partial charge in [0.25, 0.3) is 5.91 Å². The molecule has 104 valence electrons. The van der Waals surface area contributed by atoms with Gasteiger partial charge in [0.15, 0.2) is 0 Å². The molecule has 0 radical (unpaired) electrons. The van der Waals surface area contributed by atoms with E-state index in [1.54, 1.807) is 0 Å². The van der Waals surface area contributed by atoms with Crippen LogP contribution >= 0.6 is 15.9 Å². The Balaban J connectivity index is 1.76. The summed E-state index contributed by atoms with van der Waals surface area (Å²) in [6.07, 6.45) is 6.37. The van der Waals surface area contributed by atoms with Gasteiger partial charge in [-0.05, 0) is 67.7 Å². The Kier molecular flexibility index (Phi) is 3.43. The van der Waals surface area contributed by atoms with E-state index in [0.29, 0.717) is 6.04 Å². The summed E-state index contributed by atoms with van der Waals surface area (Å²) >= 11 is 3.48. The first-order valence-electron chi connectivity index (χ1n) is 6.98. The third-order valence-electron chi connectivity index (χ3n) is 4.11. The maximum absolute atomic E-state index is 12.5. The van der Waals surface area contributed by atoms with Crippen molar-refractivity contribution in [1.82, 2.24) is 15.2 Å². The van der Waals surface area contributed by atoms with Crippen molar-refractivity contribution in [1.29, 1.82) is 0 Å². The molecule has 3 rings (SSSR count). The number of carbonyl (C=O) groups is 1. The summed E-state index contributed by atoms with van der Waals surface area (Å²) in [6.45, 7) is 4.10. The van der Waals surface area contributed by atoms with Gasteiger partial charge in [0.2, 0.25) is 0 Å². The van der Waals surface area contributed by atoms with E-state index < -0.39 is 0 Å². The summed E-state index contributed by atoms with van der Waals surface area (Å²) in [5.74, 6) is 0.0574. The first kappa shape index (κ1) is 13.2. The number of halogens is 1. The first-order valence-corrected chi connectivity index (χ1v) is 7.77. The van der Waals surface area contributed by atoms with E-state index in [2.05, 4.69) is 38.1 Å². The maximum atomic E-state index is 12.5. The number of nitrogens with zero attached hydrogens (tertiary/aromatic N) is 1. The van der Waals surface area contributed by atoms with Gasteiger partial charge in [0.1, 0.15) is 5.69 Å². The van der Waals surface area contributed by atoms with Gasteiger partial charge in [0.05, 0.1) is 0 Å². The smallest absolute Gasteiger partial charge is 0.268 e. The molecule has 19 heavy (non-hydrogen) atoms. The minimum absolute atomic E-state index is 0.0574. The van der Waals surface area contributed by atoms with Crippen molar-refractivity contribution in [3.05, 3.63) is 22.4 Å². The van der Waals surface area contributed by atoms with E-state index in [0.717, 1.165) is 36.1 Å². The van der Waals surface area contributed by atoms with E-state index in [-0.39, 0.29) is 11.4 Å². The second kappa shape index (κ2) is 4.94. The summed E-state index contributed by atoms with van der Waals surface area (Å²) < 4.78 is 3.10. The molecule has 2 N–H and O–H groups in total. The van der Waals surface area contributed by atoms with Gasteiger partial charge in [-0.1, -0.05) is 0 Å². The van der Waals surface area contributed by atoms with Crippen LogP contribution in [0.5, 0.6) is 0 Å². The lowest BCUT2D eigenvalue weighted by Crippen LogP contribution is -2.52. The van der Waals surface area contributed by atoms with Crippen LogP contribution < -0.4 is 10.6 Å². The Bertz CT molecular complexity index is 487. The summed E-state index contributed by atoms with van der Waals surface area (Å²) in [7, 11) is 0. The van der Waals surface area contributed by atoms with Crippen molar-refractivity contribution in [3.63, 3.8) is 0 Å². The molecule has 1 aromatic rings. The summed E-state index contributed by atoms with van der Waals surface area (Å²) in [5.41, 5.74) is 0.710. The topological polar surface area (TPSA) is 46.1 Å². The van der Waals surface area contributed by atoms with Gasteiger partial charge in [-0.15, -0.1) is 0 Å². The Labute approximate surface area is 122 Å². The van der Waals surface area contributed by atoms with Crippen molar-refractivity contribution in [2.45, 2.75) is 44.2 Å². The van der Waals surface area contributed by atoms with Crippen LogP contribution in [0, 0.1) is 0 Å². The molecule has 2 aliphatic rings. The van der Waals surface area contributed by atoms with E-state index in [4.69, 9.17) is 0 Å². The van der Waals surface area contributed by atoms with Crippen LogP contribution in [-0.4, -0.2) is 29.1 Å². The number of piperidine rings is 1. The molecule has 2 fully saturated rings. The third-order valence-corrected chi connectivity index (χ3v) is 4.54. The molecule has 1 aromatic heterocycles. The highest BCUT2D eigenvalue weighted by molar-refractivity contribution is 9.10. The number of nitrogens with one attached hydrogen (secondary N) is 2. The molecule has 0 spiro atoms. The lowest BCUT2D eigenvalue weighted by molar-refractivity contribution is 0.0877. The predicted molar refractivity (Wildman–Crippen MR) is 78.4 cm³/mol. The standard InChI is InChI=1S/C14H20BrN3O/c1-14(4-6-16-7-5-14)17-13(19)12-8-10(15)9-18(12)11-2-3-11/h8-9,11,16H,2-7H2,1H3,(H,17,19). The second-order valence-corrected chi connectivity index (χ2v) is 6.86. The highest BCUT2D eigenvalue weighted by Crippen LogP contribution is 2.37. The van der Waals surface area contributed by atoms with Gasteiger partial charge in [-0.25, -0.2) is 0 Å². The van der Waals surface area contributed by atoms with E-state index in [9.17, 15) is 4.79 Å². The molecule has 0 aromatic carbocycles. The monoisotopic (exact) mass is 325 g/mol. The molecule has 1 saturated heterocycles. The number of hydrogen-bond donors (Lipinski definition) is 2. The average molecular weight is 326 g/mol. The minimum atomic E-state index is -0.0759. The number of aromatic nitrogens is 1. The third kappa shape index (κ3) is 2.87. The van der Waals surface area contributed by atoms with Gasteiger partial charge in [0, 0.05) is 22.3 Å². The fraction of sp³-hybridized carbons (Fsp3) is 0.643. The van der Waals surface area contributed by atoms with Gasteiger partial charge in [-0.2, -0.15) is 0 Å². The molecule has 4 nitrogen and oxygen atoms in total. The molecule has 1 aliphatic carbocycles. The average Bonchev–Trinajstić information content (AvgIpc) is 3.12. The molecule has 2 heterocycles. The summed E-state index contributed by atoms with van der Waals surface area (Å²) in [6, 6.07) is 2.45. The van der Waals surface area contributed by atoms with Gasteiger partial charge < -0.3 is 15.2 Å². The van der Waals surface area contributed by atoms with Crippen molar-refractivity contribution in [2.75, 3.05) is 13.1 Å². The van der Waals surface area contributed by atoms with Crippen LogP contribution in [-0.2, 0) is 0 Å². The lowest BCUT2D eigenvalue weighted by Gasteiger charge is -2.35. The normalized spacial score (nSPS) is 22.2. The van der Waals surface area contributed by atoms with Crippen LogP contribution in [0.15, 0.2) is 16.7 Å². The SMILES string of the molecule is CC1(NC(=O)c2cc(Br)cn2C2CC2)CCNCC1. The number of rotatable bonds is 3. The quantitative estimate of drug-likeness (QED) is 0.896. The van der Waals surface area contributed by atoms with Crippen molar-refractivity contribution in [2.24, 2.45) is 0 Å². The van der Waals surface area contributed by atoms with E-state index in [1.165, 1.54) is 12.8 Å². The van der Waals surface area contributed by atoms with Crippen molar-refractivity contribution < 1.29 is 4.79 Å². The van der Waals surface area contributed by atoms with Crippen LogP contribution in [0.1, 0.15) is 49.1 Å². The fourth-order valence-electron chi connectivity index (χ4n) is 2.72. The Morgan fingerprint density at radius 1 is 1.47 bits per heavy atom. The molecule has 0 unspecified atom stereocenters.